The van der Waals surface area contributed by atoms with Gasteiger partial charge in [0.05, 0.1) is 14.9 Å². The summed E-state index contributed by atoms with van der Waals surface area (Å²) in [6.45, 7) is 3.21. The minimum atomic E-state index is -0.601. The first-order chi connectivity index (χ1) is 12.7. The lowest BCUT2D eigenvalue weighted by atomic mass is 10.3. The van der Waals surface area contributed by atoms with Crippen molar-refractivity contribution in [1.29, 1.82) is 0 Å². The van der Waals surface area contributed by atoms with Crippen molar-refractivity contribution in [2.75, 3.05) is 36.0 Å². The molecule has 4 aromatic rings. The van der Waals surface area contributed by atoms with E-state index >= 15 is 0 Å². The number of hydrogen-bond donors (Lipinski definition) is 0. The van der Waals surface area contributed by atoms with Gasteiger partial charge in [-0.15, -0.1) is 0 Å². The van der Waals surface area contributed by atoms with E-state index in [2.05, 4.69) is 20.9 Å². The second kappa shape index (κ2) is 6.14. The first-order valence-electron chi connectivity index (χ1n) is 8.28. The molecule has 0 unspecified atom stereocenters. The number of rotatable bonds is 2. The average Bonchev–Trinajstić information content (AvgIpc) is 3.26. The van der Waals surface area contributed by atoms with Crippen molar-refractivity contribution >= 4 is 53.4 Å². The lowest BCUT2D eigenvalue weighted by molar-refractivity contribution is 0.591. The van der Waals surface area contributed by atoms with Gasteiger partial charge in [0.15, 0.2) is 16.1 Å². The molecule has 2 aromatic carbocycles. The summed E-state index contributed by atoms with van der Waals surface area (Å²) < 4.78 is 29.0. The first-order valence-corrected chi connectivity index (χ1v) is 9.92. The molecule has 0 atom stereocenters. The van der Waals surface area contributed by atoms with Crippen LogP contribution in [0.15, 0.2) is 36.4 Å². The quantitative estimate of drug-likeness (QED) is 0.506. The number of hydrogen-bond acceptors (Lipinski definition) is 6. The molecule has 1 fully saturated rings. The van der Waals surface area contributed by atoms with E-state index in [0.717, 1.165) is 48.0 Å². The maximum Gasteiger partial charge on any atom is 0.186 e. The van der Waals surface area contributed by atoms with Crippen LogP contribution in [0.25, 0.3) is 20.4 Å². The first kappa shape index (κ1) is 15.9. The summed E-state index contributed by atoms with van der Waals surface area (Å²) >= 11 is 3.04. The summed E-state index contributed by atoms with van der Waals surface area (Å²) in [5.74, 6) is -1.17. The van der Waals surface area contributed by atoms with Crippen molar-refractivity contribution < 1.29 is 8.78 Å². The van der Waals surface area contributed by atoms with Gasteiger partial charge in [-0.1, -0.05) is 34.8 Å². The summed E-state index contributed by atoms with van der Waals surface area (Å²) in [5.41, 5.74) is 1.28. The molecule has 0 bridgehead atoms. The van der Waals surface area contributed by atoms with Crippen molar-refractivity contribution in [2.45, 2.75) is 0 Å². The largest absolute Gasteiger partial charge is 0.345 e. The summed E-state index contributed by atoms with van der Waals surface area (Å²) in [6, 6.07) is 10.4. The van der Waals surface area contributed by atoms with E-state index in [1.807, 2.05) is 18.2 Å². The molecule has 5 rings (SSSR count). The number of halogens is 2. The predicted octanol–water partition coefficient (Wildman–Crippen LogP) is 4.51. The van der Waals surface area contributed by atoms with Gasteiger partial charge in [0, 0.05) is 32.2 Å². The maximum atomic E-state index is 13.9. The molecule has 8 heteroatoms. The highest BCUT2D eigenvalue weighted by Crippen LogP contribution is 2.33. The lowest BCUT2D eigenvalue weighted by Crippen LogP contribution is -2.46. The highest BCUT2D eigenvalue weighted by Gasteiger charge is 2.23. The molecule has 26 heavy (non-hydrogen) atoms. The van der Waals surface area contributed by atoms with Crippen LogP contribution in [0.2, 0.25) is 0 Å². The Kier molecular flexibility index (Phi) is 3.75. The van der Waals surface area contributed by atoms with Gasteiger partial charge in [-0.2, -0.15) is 0 Å². The van der Waals surface area contributed by atoms with E-state index in [9.17, 15) is 8.78 Å². The molecule has 132 valence electrons. The number of aromatic nitrogens is 2. The van der Waals surface area contributed by atoms with Crippen LogP contribution in [0.4, 0.5) is 19.0 Å². The number of benzene rings is 2. The third-order valence-electron chi connectivity index (χ3n) is 4.51. The average molecular weight is 388 g/mol. The standard InChI is InChI=1S/C18H14F2N4S2/c19-11-9-12(20)16-15(10-11)26-18(22-16)24-7-5-23(6-8-24)17-21-13-3-1-2-4-14(13)25-17/h1-4,9-10H,5-8H2. The van der Waals surface area contributed by atoms with E-state index in [1.54, 1.807) is 11.3 Å². The zero-order chi connectivity index (χ0) is 17.7. The summed E-state index contributed by atoms with van der Waals surface area (Å²) in [6.07, 6.45) is 0. The van der Waals surface area contributed by atoms with Gasteiger partial charge in [0.25, 0.3) is 0 Å². The Morgan fingerprint density at radius 2 is 1.46 bits per heavy atom. The minimum absolute atomic E-state index is 0.250. The van der Waals surface area contributed by atoms with E-state index in [4.69, 9.17) is 4.98 Å². The van der Waals surface area contributed by atoms with E-state index in [1.165, 1.54) is 22.1 Å². The monoisotopic (exact) mass is 388 g/mol. The molecule has 0 amide bonds. The Morgan fingerprint density at radius 3 is 2.19 bits per heavy atom. The van der Waals surface area contributed by atoms with Gasteiger partial charge < -0.3 is 9.80 Å². The van der Waals surface area contributed by atoms with Crippen LogP contribution < -0.4 is 9.80 Å². The normalized spacial score (nSPS) is 15.3. The molecule has 2 aromatic heterocycles. The Bertz CT molecular complexity index is 1070. The van der Waals surface area contributed by atoms with Crippen LogP contribution in [-0.2, 0) is 0 Å². The zero-order valence-corrected chi connectivity index (χ0v) is 15.3. The highest BCUT2D eigenvalue weighted by atomic mass is 32.1. The fourth-order valence-electron chi connectivity index (χ4n) is 3.17. The third-order valence-corrected chi connectivity index (χ3v) is 6.67. The zero-order valence-electron chi connectivity index (χ0n) is 13.7. The molecule has 0 spiro atoms. The molecule has 1 saturated heterocycles. The van der Waals surface area contributed by atoms with E-state index < -0.39 is 11.6 Å². The van der Waals surface area contributed by atoms with Crippen LogP contribution in [0, 0.1) is 11.6 Å². The molecule has 0 aliphatic carbocycles. The van der Waals surface area contributed by atoms with Crippen LogP contribution in [0.5, 0.6) is 0 Å². The van der Waals surface area contributed by atoms with Crippen molar-refractivity contribution in [2.24, 2.45) is 0 Å². The molecule has 1 aliphatic heterocycles. The van der Waals surface area contributed by atoms with Crippen molar-refractivity contribution in [3.8, 4) is 0 Å². The highest BCUT2D eigenvalue weighted by molar-refractivity contribution is 7.22. The predicted molar refractivity (Wildman–Crippen MR) is 104 cm³/mol. The summed E-state index contributed by atoms with van der Waals surface area (Å²) in [4.78, 5) is 13.5. The summed E-state index contributed by atoms with van der Waals surface area (Å²) in [5, 5.41) is 1.77. The van der Waals surface area contributed by atoms with Crippen LogP contribution >= 0.6 is 22.7 Å². The number of nitrogens with zero attached hydrogens (tertiary/aromatic N) is 4. The SMILES string of the molecule is Fc1cc(F)c2nc(N3CCN(c4nc5ccccc5s4)CC3)sc2c1. The fraction of sp³-hybridized carbons (Fsp3) is 0.222. The molecular weight excluding hydrogens is 374 g/mol. The second-order valence-electron chi connectivity index (χ2n) is 6.17. The van der Waals surface area contributed by atoms with Gasteiger partial charge in [-0.25, -0.2) is 18.7 Å². The number of para-hydroxylation sites is 1. The molecule has 0 radical (unpaired) electrons. The second-order valence-corrected chi connectivity index (χ2v) is 8.19. The molecule has 3 heterocycles. The van der Waals surface area contributed by atoms with Crippen LogP contribution in [0.3, 0.4) is 0 Å². The van der Waals surface area contributed by atoms with Crippen molar-refractivity contribution in [3.63, 3.8) is 0 Å². The molecular formula is C18H14F2N4S2. The van der Waals surface area contributed by atoms with Crippen molar-refractivity contribution in [3.05, 3.63) is 48.0 Å². The molecule has 0 saturated carbocycles. The smallest absolute Gasteiger partial charge is 0.186 e. The molecule has 4 nitrogen and oxygen atoms in total. The van der Waals surface area contributed by atoms with E-state index in [0.29, 0.717) is 4.70 Å². The van der Waals surface area contributed by atoms with Crippen LogP contribution in [0.1, 0.15) is 0 Å². The van der Waals surface area contributed by atoms with Gasteiger partial charge >= 0.3 is 0 Å². The van der Waals surface area contributed by atoms with Gasteiger partial charge in [-0.05, 0) is 18.2 Å². The fourth-order valence-corrected chi connectivity index (χ4v) is 5.24. The number of thiazole rings is 2. The van der Waals surface area contributed by atoms with Gasteiger partial charge in [0.2, 0.25) is 0 Å². The molecule has 1 aliphatic rings. The number of anilines is 2. The third kappa shape index (κ3) is 2.69. The van der Waals surface area contributed by atoms with Crippen molar-refractivity contribution in [1.82, 2.24) is 9.97 Å². The Hall–Kier alpha value is -2.32. The van der Waals surface area contributed by atoms with E-state index in [-0.39, 0.29) is 5.52 Å². The van der Waals surface area contributed by atoms with Gasteiger partial charge in [0.1, 0.15) is 11.3 Å². The summed E-state index contributed by atoms with van der Waals surface area (Å²) in [7, 11) is 0. The number of fused-ring (bicyclic) bond motifs is 2. The minimum Gasteiger partial charge on any atom is -0.345 e. The van der Waals surface area contributed by atoms with Crippen LogP contribution in [-0.4, -0.2) is 36.1 Å². The number of piperazine rings is 1. The Balaban J connectivity index is 1.36. The van der Waals surface area contributed by atoms with Gasteiger partial charge in [-0.3, -0.25) is 0 Å². The Morgan fingerprint density at radius 1 is 0.808 bits per heavy atom. The maximum absolute atomic E-state index is 13.9. The topological polar surface area (TPSA) is 32.3 Å². The molecule has 0 N–H and O–H groups in total. The lowest BCUT2D eigenvalue weighted by Gasteiger charge is -2.34. The Labute approximate surface area is 156 Å².